The van der Waals surface area contributed by atoms with Crippen LogP contribution in [0.25, 0.3) is 0 Å². The Morgan fingerprint density at radius 1 is 1.22 bits per heavy atom. The quantitative estimate of drug-likeness (QED) is 0.351. The number of nitrogens with one attached hydrogen (secondary N) is 2. The van der Waals surface area contributed by atoms with E-state index in [-0.39, 0.29) is 28.8 Å². The molecule has 0 radical (unpaired) electrons. The van der Waals surface area contributed by atoms with E-state index in [1.54, 1.807) is 6.92 Å². The van der Waals surface area contributed by atoms with Gasteiger partial charge in [-0.15, -0.1) is 0 Å². The summed E-state index contributed by atoms with van der Waals surface area (Å²) in [4.78, 5) is 52.2. The number of nitrogens with two attached hydrogens (primary N) is 1. The molecular formula is C25H33ClN4O6. The number of ether oxygens (including phenoxy) is 2. The molecule has 2 heterocycles. The minimum Gasteiger partial charge on any atom is -0.433 e. The highest BCUT2D eigenvalue weighted by Crippen LogP contribution is 2.27. The Labute approximate surface area is 215 Å². The average Bonchev–Trinajstić information content (AvgIpc) is 3.60. The number of carbonyl (C=O) groups excluding carboxylic acids is 4. The van der Waals surface area contributed by atoms with Crippen LogP contribution < -0.4 is 16.4 Å². The third kappa shape index (κ3) is 6.10. The highest BCUT2D eigenvalue weighted by Gasteiger charge is 2.41. The molecule has 1 aromatic carbocycles. The van der Waals surface area contributed by atoms with Crippen molar-refractivity contribution in [3.8, 4) is 0 Å². The summed E-state index contributed by atoms with van der Waals surface area (Å²) in [5, 5.41) is 5.77. The van der Waals surface area contributed by atoms with Crippen LogP contribution in [0.5, 0.6) is 0 Å². The van der Waals surface area contributed by atoms with Crippen molar-refractivity contribution in [2.24, 2.45) is 5.92 Å². The number of hydrogen-bond donors (Lipinski definition) is 3. The topological polar surface area (TPSA) is 140 Å². The molecule has 0 aromatic heterocycles. The van der Waals surface area contributed by atoms with E-state index in [0.29, 0.717) is 37.6 Å². The van der Waals surface area contributed by atoms with E-state index in [0.717, 1.165) is 12.8 Å². The summed E-state index contributed by atoms with van der Waals surface area (Å²) in [7, 11) is 0. The molecule has 36 heavy (non-hydrogen) atoms. The van der Waals surface area contributed by atoms with Crippen LogP contribution in [-0.4, -0.2) is 66.2 Å². The number of nitrogen functional groups attached to an aromatic ring is 1. The Balaban J connectivity index is 1.33. The Kier molecular flexibility index (Phi) is 8.35. The van der Waals surface area contributed by atoms with Crippen molar-refractivity contribution < 1.29 is 28.7 Å². The number of esters is 1. The third-order valence-electron chi connectivity index (χ3n) is 7.08. The number of hydrogen-bond acceptors (Lipinski definition) is 7. The zero-order valence-electron chi connectivity index (χ0n) is 20.3. The normalized spacial score (nSPS) is 25.0. The smallest absolute Gasteiger partial charge is 0.310 e. The fraction of sp³-hybridized carbons (Fsp3) is 0.600. The maximum Gasteiger partial charge on any atom is 0.310 e. The molecule has 0 spiro atoms. The van der Waals surface area contributed by atoms with Crippen molar-refractivity contribution in [2.75, 3.05) is 18.9 Å². The number of cyclic esters (lactones) is 1. The van der Waals surface area contributed by atoms with Gasteiger partial charge in [0.1, 0.15) is 18.1 Å². The number of carbonyl (C=O) groups is 4. The minimum atomic E-state index is -0.860. The molecule has 0 bridgehead atoms. The van der Waals surface area contributed by atoms with Gasteiger partial charge in [0.15, 0.2) is 0 Å². The fourth-order valence-electron chi connectivity index (χ4n) is 5.05. The molecule has 2 aliphatic heterocycles. The fourth-order valence-corrected chi connectivity index (χ4v) is 5.23. The number of rotatable bonds is 8. The highest BCUT2D eigenvalue weighted by atomic mass is 35.5. The van der Waals surface area contributed by atoms with Crippen molar-refractivity contribution in [1.29, 1.82) is 0 Å². The summed E-state index contributed by atoms with van der Waals surface area (Å²) in [6.07, 6.45) is 4.89. The van der Waals surface area contributed by atoms with E-state index >= 15 is 0 Å². The SMILES string of the molecule is C[C@H](NC(=O)c1ccc(N)c(Cl)c1)C(=O)N1CCC[C@H]1C(=O)N[C@H]1CC(=O)OC1OCC1CCCC1. The van der Waals surface area contributed by atoms with Crippen LogP contribution in [0.1, 0.15) is 62.2 Å². The first kappa shape index (κ1) is 26.2. The predicted molar refractivity (Wildman–Crippen MR) is 132 cm³/mol. The molecule has 1 aliphatic carbocycles. The van der Waals surface area contributed by atoms with Gasteiger partial charge in [-0.25, -0.2) is 0 Å². The van der Waals surface area contributed by atoms with Crippen LogP contribution in [0.3, 0.4) is 0 Å². The van der Waals surface area contributed by atoms with E-state index in [1.165, 1.54) is 35.9 Å². The Morgan fingerprint density at radius 3 is 2.69 bits per heavy atom. The van der Waals surface area contributed by atoms with Crippen LogP contribution in [-0.2, 0) is 23.9 Å². The summed E-state index contributed by atoms with van der Waals surface area (Å²) in [5.41, 5.74) is 6.32. The summed E-state index contributed by atoms with van der Waals surface area (Å²) in [6.45, 7) is 2.46. The minimum absolute atomic E-state index is 0.0261. The van der Waals surface area contributed by atoms with Crippen LogP contribution in [0, 0.1) is 5.92 Å². The summed E-state index contributed by atoms with van der Waals surface area (Å²) < 4.78 is 11.1. The second-order valence-electron chi connectivity index (χ2n) is 9.78. The van der Waals surface area contributed by atoms with Gasteiger partial charge in [0.2, 0.25) is 18.1 Å². The van der Waals surface area contributed by atoms with Crippen molar-refractivity contribution >= 4 is 41.0 Å². The lowest BCUT2D eigenvalue weighted by atomic mass is 10.1. The van der Waals surface area contributed by atoms with E-state index in [4.69, 9.17) is 26.8 Å². The number of anilines is 1. The number of nitrogens with zero attached hydrogens (tertiary/aromatic N) is 1. The van der Waals surface area contributed by atoms with Gasteiger partial charge < -0.3 is 30.7 Å². The second kappa shape index (κ2) is 11.5. The van der Waals surface area contributed by atoms with E-state index in [1.807, 2.05) is 0 Å². The number of halogens is 1. The summed E-state index contributed by atoms with van der Waals surface area (Å²) in [5.74, 6) is -1.17. The zero-order valence-corrected chi connectivity index (χ0v) is 21.1. The van der Waals surface area contributed by atoms with Crippen molar-refractivity contribution in [3.63, 3.8) is 0 Å². The molecule has 1 aromatic rings. The maximum atomic E-state index is 13.1. The molecule has 4 atom stereocenters. The number of benzene rings is 1. The van der Waals surface area contributed by atoms with Gasteiger partial charge in [-0.2, -0.15) is 0 Å². The standard InChI is InChI=1S/C25H33ClN4O6/c1-14(28-22(32)16-8-9-18(27)17(26)11-16)24(34)30-10-4-7-20(30)23(33)29-19-12-21(31)36-25(19)35-13-15-5-2-3-6-15/h8-9,11,14-15,19-20,25H,2-7,10,12-13,27H2,1H3,(H,28,32)(H,29,33)/t14-,19-,20-,25?/m0/s1. The second-order valence-corrected chi connectivity index (χ2v) is 10.2. The van der Waals surface area contributed by atoms with Crippen molar-refractivity contribution in [3.05, 3.63) is 28.8 Å². The average molecular weight is 521 g/mol. The van der Waals surface area contributed by atoms with E-state index < -0.39 is 36.3 Å². The first-order valence-electron chi connectivity index (χ1n) is 12.5. The van der Waals surface area contributed by atoms with E-state index in [2.05, 4.69) is 10.6 Å². The van der Waals surface area contributed by atoms with Gasteiger partial charge in [0, 0.05) is 12.1 Å². The lowest BCUT2D eigenvalue weighted by molar-refractivity contribution is -0.168. The van der Waals surface area contributed by atoms with E-state index in [9.17, 15) is 19.2 Å². The Hall–Kier alpha value is -2.85. The monoisotopic (exact) mass is 520 g/mol. The predicted octanol–water partition coefficient (Wildman–Crippen LogP) is 2.00. The molecule has 1 saturated carbocycles. The highest BCUT2D eigenvalue weighted by molar-refractivity contribution is 6.33. The first-order valence-corrected chi connectivity index (χ1v) is 12.9. The third-order valence-corrected chi connectivity index (χ3v) is 7.41. The molecule has 11 heteroatoms. The van der Waals surface area contributed by atoms with Gasteiger partial charge in [0.25, 0.3) is 5.91 Å². The van der Waals surface area contributed by atoms with Gasteiger partial charge >= 0.3 is 5.97 Å². The van der Waals surface area contributed by atoms with Gasteiger partial charge in [-0.3, -0.25) is 19.2 Å². The Bertz CT molecular complexity index is 1010. The van der Waals surface area contributed by atoms with Gasteiger partial charge in [-0.1, -0.05) is 24.4 Å². The summed E-state index contributed by atoms with van der Waals surface area (Å²) in [6, 6.07) is 2.32. The molecule has 10 nitrogen and oxygen atoms in total. The van der Waals surface area contributed by atoms with Crippen LogP contribution in [0.4, 0.5) is 5.69 Å². The Morgan fingerprint density at radius 2 is 1.97 bits per heavy atom. The lowest BCUT2D eigenvalue weighted by Gasteiger charge is -2.28. The van der Waals surface area contributed by atoms with Crippen LogP contribution >= 0.6 is 11.6 Å². The van der Waals surface area contributed by atoms with Crippen molar-refractivity contribution in [2.45, 2.75) is 76.3 Å². The molecule has 196 valence electrons. The zero-order chi connectivity index (χ0) is 25.8. The van der Waals surface area contributed by atoms with Crippen molar-refractivity contribution in [1.82, 2.24) is 15.5 Å². The molecule has 1 unspecified atom stereocenters. The molecule has 4 rings (SSSR count). The molecular weight excluding hydrogens is 488 g/mol. The molecule has 3 aliphatic rings. The van der Waals surface area contributed by atoms with Gasteiger partial charge in [0.05, 0.1) is 23.7 Å². The molecule has 3 fully saturated rings. The van der Waals surface area contributed by atoms with Gasteiger partial charge in [-0.05, 0) is 56.7 Å². The molecule has 2 saturated heterocycles. The first-order chi connectivity index (χ1) is 17.2. The molecule has 4 N–H and O–H groups in total. The largest absolute Gasteiger partial charge is 0.433 e. The maximum absolute atomic E-state index is 13.1. The molecule has 3 amide bonds. The number of likely N-dealkylation sites (tertiary alicyclic amines) is 1. The van der Waals surface area contributed by atoms with Crippen LogP contribution in [0.2, 0.25) is 5.02 Å². The van der Waals surface area contributed by atoms with Crippen LogP contribution in [0.15, 0.2) is 18.2 Å². The summed E-state index contributed by atoms with van der Waals surface area (Å²) >= 11 is 5.99. The number of amides is 3. The lowest BCUT2D eigenvalue weighted by Crippen LogP contribution is -2.54.